The second kappa shape index (κ2) is 12.9. The first-order valence-electron chi connectivity index (χ1n) is 17.8. The highest BCUT2D eigenvalue weighted by Gasteiger charge is 2.51. The number of hydrogen-bond donors (Lipinski definition) is 1. The van der Waals surface area contributed by atoms with E-state index in [0.717, 1.165) is 61.1 Å². The van der Waals surface area contributed by atoms with E-state index in [-0.39, 0.29) is 53.9 Å². The second-order valence-electron chi connectivity index (χ2n) is 14.5. The minimum Gasteiger partial charge on any atom is -0.461 e. The number of fused-ring (bicyclic) bond motifs is 3. The molecular weight excluding hydrogens is 748 g/mol. The molecule has 0 radical (unpaired) electrons. The largest absolute Gasteiger partial charge is 0.461 e. The number of likely N-dealkylation sites (tertiary alicyclic amines) is 1. The maximum Gasteiger partial charge on any atom is 0.346 e. The third kappa shape index (κ3) is 5.35. The average Bonchev–Trinajstić information content (AvgIpc) is 3.95. The van der Waals surface area contributed by atoms with Gasteiger partial charge in [0.2, 0.25) is 5.82 Å². The van der Waals surface area contributed by atoms with E-state index in [0.29, 0.717) is 56.7 Å². The summed E-state index contributed by atoms with van der Waals surface area (Å²) in [6, 6.07) is 5.57. The number of carbonyl (C=O) groups is 1. The molecule has 4 aliphatic heterocycles. The van der Waals surface area contributed by atoms with Gasteiger partial charge in [0.25, 0.3) is 6.43 Å². The summed E-state index contributed by atoms with van der Waals surface area (Å²) in [4.78, 5) is 32.6. The minimum atomic E-state index is -2.92. The second-order valence-corrected chi connectivity index (χ2v) is 16.0. The SMILES string of the molecule is N#Cc1c(N)sc2c(F)ccc(-c3c(Cl)cc4c(N5CCC[C@@]6(CCN6C(=O)n6cnc(C(F)F)n6)C5)nc(OCC56CCCN5CCC6)nc4c3F)c12. The molecule has 2 aromatic carbocycles. The fourth-order valence-corrected chi connectivity index (χ4v) is 10.3. The number of nitrogens with zero attached hydrogens (tertiary/aromatic N) is 9. The van der Waals surface area contributed by atoms with Crippen molar-refractivity contribution in [1.82, 2.24) is 34.5 Å². The van der Waals surface area contributed by atoms with Crippen molar-refractivity contribution in [2.24, 2.45) is 0 Å². The maximum absolute atomic E-state index is 17.2. The highest BCUT2D eigenvalue weighted by Crippen LogP contribution is 2.47. The zero-order valence-electron chi connectivity index (χ0n) is 28.8. The van der Waals surface area contributed by atoms with Crippen molar-refractivity contribution in [3.63, 3.8) is 0 Å². The predicted molar refractivity (Wildman–Crippen MR) is 194 cm³/mol. The molecule has 0 aliphatic carbocycles. The van der Waals surface area contributed by atoms with E-state index in [1.807, 2.05) is 11.0 Å². The van der Waals surface area contributed by atoms with E-state index in [1.165, 1.54) is 12.1 Å². The van der Waals surface area contributed by atoms with Gasteiger partial charge in [0.1, 0.15) is 41.2 Å². The van der Waals surface area contributed by atoms with Crippen LogP contribution in [0.2, 0.25) is 5.02 Å². The number of ether oxygens (including phenoxy) is 1. The van der Waals surface area contributed by atoms with Gasteiger partial charge in [-0.05, 0) is 75.7 Å². The molecule has 280 valence electrons. The molecule has 1 atom stereocenters. The van der Waals surface area contributed by atoms with Gasteiger partial charge < -0.3 is 20.3 Å². The Bertz CT molecular complexity index is 2390. The van der Waals surface area contributed by atoms with Crippen molar-refractivity contribution in [2.45, 2.75) is 62.4 Å². The fraction of sp³-hybridized carbons (Fsp3) is 0.444. The van der Waals surface area contributed by atoms with Gasteiger partial charge in [0.05, 0.1) is 26.4 Å². The van der Waals surface area contributed by atoms with Crippen LogP contribution < -0.4 is 15.4 Å². The lowest BCUT2D eigenvalue weighted by molar-refractivity contribution is 0.0116. The zero-order chi connectivity index (χ0) is 37.5. The lowest BCUT2D eigenvalue weighted by Crippen LogP contribution is -2.69. The van der Waals surface area contributed by atoms with Crippen molar-refractivity contribution in [3.05, 3.63) is 52.6 Å². The summed E-state index contributed by atoms with van der Waals surface area (Å²) < 4.78 is 66.0. The Morgan fingerprint density at radius 1 is 1.09 bits per heavy atom. The number of nitrogen functional groups attached to an aromatic ring is 1. The quantitative estimate of drug-likeness (QED) is 0.177. The lowest BCUT2D eigenvalue weighted by Gasteiger charge is -2.56. The molecule has 1 spiro atoms. The first kappa shape index (κ1) is 34.9. The lowest BCUT2D eigenvalue weighted by atomic mass is 9.78. The standard InChI is InChI=1S/C36H33ClF4N10O2S/c37-22-14-20-27(26(39)25(22)19-4-5-23(38)28-24(19)21(15-42)30(43)54-28)45-33(53-17-36-7-2-11-49(36)12-3-8-36)46-32(20)48-10-1-6-35(16-48)9-13-50(35)34(52)51-18-44-31(47-51)29(40)41/h4-5,14,18,29H,1-3,6-13,16-17,43H2/t35-/m1/s1. The molecule has 2 N–H and O–H groups in total. The summed E-state index contributed by atoms with van der Waals surface area (Å²) in [5, 5.41) is 14.2. The normalized spacial score (nSPS) is 21.0. The van der Waals surface area contributed by atoms with Crippen molar-refractivity contribution in [2.75, 3.05) is 50.0 Å². The summed E-state index contributed by atoms with van der Waals surface area (Å²) >= 11 is 7.82. The number of piperidine rings is 1. The third-order valence-electron chi connectivity index (χ3n) is 11.7. The van der Waals surface area contributed by atoms with Crippen LogP contribution in [0.25, 0.3) is 32.1 Å². The number of anilines is 2. The van der Waals surface area contributed by atoms with E-state index in [1.54, 1.807) is 11.0 Å². The summed E-state index contributed by atoms with van der Waals surface area (Å²) in [6.45, 7) is 3.49. The van der Waals surface area contributed by atoms with Crippen LogP contribution in [-0.4, -0.2) is 91.0 Å². The van der Waals surface area contributed by atoms with Crippen LogP contribution in [0.15, 0.2) is 24.5 Å². The Balaban J connectivity index is 1.14. The fourth-order valence-electron chi connectivity index (χ4n) is 9.03. The summed E-state index contributed by atoms with van der Waals surface area (Å²) in [7, 11) is 0. The van der Waals surface area contributed by atoms with Crippen molar-refractivity contribution >= 4 is 60.8 Å². The molecular formula is C36H33ClF4N10O2S. The number of nitriles is 1. The van der Waals surface area contributed by atoms with Gasteiger partial charge in [-0.25, -0.2) is 27.3 Å². The molecule has 5 aromatic rings. The van der Waals surface area contributed by atoms with Gasteiger partial charge in [-0.1, -0.05) is 17.7 Å². The summed E-state index contributed by atoms with van der Waals surface area (Å²) in [5.74, 6) is -1.78. The van der Waals surface area contributed by atoms with E-state index in [9.17, 15) is 23.2 Å². The van der Waals surface area contributed by atoms with Crippen molar-refractivity contribution in [1.29, 1.82) is 5.26 Å². The molecule has 9 rings (SSSR count). The Kier molecular flexibility index (Phi) is 8.36. The maximum atomic E-state index is 17.2. The highest BCUT2D eigenvalue weighted by molar-refractivity contribution is 7.23. The third-order valence-corrected chi connectivity index (χ3v) is 13.0. The van der Waals surface area contributed by atoms with Gasteiger partial charge in [0, 0.05) is 36.0 Å². The molecule has 0 saturated carbocycles. The number of benzene rings is 2. The van der Waals surface area contributed by atoms with Crippen LogP contribution in [0.5, 0.6) is 6.01 Å². The van der Waals surface area contributed by atoms with Crippen LogP contribution in [0, 0.1) is 23.0 Å². The Labute approximate surface area is 315 Å². The summed E-state index contributed by atoms with van der Waals surface area (Å²) in [6.07, 6.45) is 4.04. The van der Waals surface area contributed by atoms with Gasteiger partial charge in [0.15, 0.2) is 5.82 Å². The molecule has 3 aromatic heterocycles. The van der Waals surface area contributed by atoms with Gasteiger partial charge in [-0.15, -0.1) is 16.4 Å². The van der Waals surface area contributed by atoms with E-state index >= 15 is 4.39 Å². The van der Waals surface area contributed by atoms with E-state index < -0.39 is 35.5 Å². The first-order chi connectivity index (χ1) is 26.0. The molecule has 54 heavy (non-hydrogen) atoms. The van der Waals surface area contributed by atoms with Gasteiger partial charge in [-0.2, -0.15) is 19.9 Å². The molecule has 4 fully saturated rings. The van der Waals surface area contributed by atoms with E-state index in [4.69, 9.17) is 27.1 Å². The number of carbonyl (C=O) groups excluding carboxylic acids is 1. The summed E-state index contributed by atoms with van der Waals surface area (Å²) in [5.41, 5.74) is 5.34. The smallest absolute Gasteiger partial charge is 0.346 e. The van der Waals surface area contributed by atoms with Crippen LogP contribution in [-0.2, 0) is 0 Å². The van der Waals surface area contributed by atoms with E-state index in [2.05, 4.69) is 20.0 Å². The Hall–Kier alpha value is -4.79. The number of alkyl halides is 2. The number of rotatable bonds is 6. The van der Waals surface area contributed by atoms with Crippen molar-refractivity contribution < 1.29 is 27.1 Å². The van der Waals surface area contributed by atoms with Gasteiger partial charge in [-0.3, -0.25) is 4.90 Å². The number of thiophene rings is 1. The minimum absolute atomic E-state index is 0.0142. The van der Waals surface area contributed by atoms with Crippen LogP contribution >= 0.6 is 22.9 Å². The van der Waals surface area contributed by atoms with Crippen LogP contribution in [0.3, 0.4) is 0 Å². The molecule has 12 nitrogen and oxygen atoms in total. The first-order valence-corrected chi connectivity index (χ1v) is 19.0. The highest BCUT2D eigenvalue weighted by atomic mass is 35.5. The topological polar surface area (TPSA) is 142 Å². The van der Waals surface area contributed by atoms with Crippen LogP contribution in [0.4, 0.5) is 33.2 Å². The Morgan fingerprint density at radius 2 is 1.87 bits per heavy atom. The monoisotopic (exact) mass is 780 g/mol. The van der Waals surface area contributed by atoms with Gasteiger partial charge >= 0.3 is 12.0 Å². The number of halogens is 5. The molecule has 4 aliphatic rings. The molecule has 7 heterocycles. The average molecular weight is 781 g/mol. The number of nitrogens with two attached hydrogens (primary N) is 1. The molecule has 0 unspecified atom stereocenters. The predicted octanol–water partition coefficient (Wildman–Crippen LogP) is 7.15. The number of aromatic nitrogens is 5. The van der Waals surface area contributed by atoms with Crippen LogP contribution in [0.1, 0.15) is 62.8 Å². The molecule has 18 heteroatoms. The molecule has 4 saturated heterocycles. The van der Waals surface area contributed by atoms with Crippen molar-refractivity contribution in [3.8, 4) is 23.2 Å². The molecule has 0 bridgehead atoms. The molecule has 1 amide bonds. The zero-order valence-corrected chi connectivity index (χ0v) is 30.4. The Morgan fingerprint density at radius 3 is 2.57 bits per heavy atom. The number of amides is 1. The number of hydrogen-bond acceptors (Lipinski definition) is 11.